The lowest BCUT2D eigenvalue weighted by atomic mass is 9.74. The monoisotopic (exact) mass is 228 g/mol. The molecule has 1 atom stereocenters. The highest BCUT2D eigenvalue weighted by molar-refractivity contribution is 5.73. The van der Waals surface area contributed by atoms with Crippen LogP contribution in [0.5, 0.6) is 0 Å². The van der Waals surface area contributed by atoms with Crippen molar-refractivity contribution in [2.45, 2.75) is 66.7 Å². The molecule has 0 saturated carbocycles. The van der Waals surface area contributed by atoms with E-state index in [-0.39, 0.29) is 17.3 Å². The summed E-state index contributed by atoms with van der Waals surface area (Å²) in [4.78, 5) is 12.0. The van der Waals surface area contributed by atoms with Gasteiger partial charge in [-0.25, -0.2) is 0 Å². The summed E-state index contributed by atoms with van der Waals surface area (Å²) in [5.74, 6) is 0.0570. The van der Waals surface area contributed by atoms with E-state index in [0.717, 1.165) is 32.1 Å². The second kappa shape index (κ2) is 7.70. The van der Waals surface area contributed by atoms with Crippen molar-refractivity contribution >= 4 is 5.97 Å². The van der Waals surface area contributed by atoms with Crippen molar-refractivity contribution in [2.75, 3.05) is 6.61 Å². The Hall–Kier alpha value is -0.530. The number of ether oxygens (including phenoxy) is 1. The Morgan fingerprint density at radius 3 is 2.25 bits per heavy atom. The molecule has 1 unspecified atom stereocenters. The maximum atomic E-state index is 12.0. The maximum absolute atomic E-state index is 12.0. The van der Waals surface area contributed by atoms with Gasteiger partial charge in [0.2, 0.25) is 0 Å². The van der Waals surface area contributed by atoms with Crippen LogP contribution >= 0.6 is 0 Å². The average molecular weight is 228 g/mol. The van der Waals surface area contributed by atoms with Gasteiger partial charge >= 0.3 is 5.97 Å². The van der Waals surface area contributed by atoms with E-state index < -0.39 is 0 Å². The van der Waals surface area contributed by atoms with Gasteiger partial charge in [0.1, 0.15) is 0 Å². The summed E-state index contributed by atoms with van der Waals surface area (Å²) < 4.78 is 5.35. The Morgan fingerprint density at radius 2 is 1.81 bits per heavy atom. The molecule has 0 radical (unpaired) electrons. The zero-order valence-electron chi connectivity index (χ0n) is 11.6. The van der Waals surface area contributed by atoms with E-state index in [4.69, 9.17) is 4.74 Å². The SMILES string of the molecule is CCCCOC(=O)C(CCC)C(C)(C)CC. The third-order valence-corrected chi connectivity index (χ3v) is 3.46. The Morgan fingerprint density at radius 1 is 1.19 bits per heavy atom. The third-order valence-electron chi connectivity index (χ3n) is 3.46. The molecule has 16 heavy (non-hydrogen) atoms. The molecule has 0 aromatic heterocycles. The van der Waals surface area contributed by atoms with Gasteiger partial charge in [0.15, 0.2) is 0 Å². The van der Waals surface area contributed by atoms with Crippen LogP contribution in [0.3, 0.4) is 0 Å². The number of hydrogen-bond donors (Lipinski definition) is 0. The van der Waals surface area contributed by atoms with Gasteiger partial charge in [0, 0.05) is 0 Å². The molecule has 0 saturated heterocycles. The quantitative estimate of drug-likeness (QED) is 0.460. The highest BCUT2D eigenvalue weighted by Crippen LogP contribution is 2.34. The summed E-state index contributed by atoms with van der Waals surface area (Å²) >= 11 is 0. The Balaban J connectivity index is 4.35. The smallest absolute Gasteiger partial charge is 0.309 e. The van der Waals surface area contributed by atoms with E-state index in [1.165, 1.54) is 0 Å². The fraction of sp³-hybridized carbons (Fsp3) is 0.929. The molecule has 0 rings (SSSR count). The van der Waals surface area contributed by atoms with Crippen LogP contribution in [0.25, 0.3) is 0 Å². The van der Waals surface area contributed by atoms with Gasteiger partial charge in [0.05, 0.1) is 12.5 Å². The summed E-state index contributed by atoms with van der Waals surface area (Å²) in [6.45, 7) is 11.3. The van der Waals surface area contributed by atoms with Crippen LogP contribution in [0.15, 0.2) is 0 Å². The van der Waals surface area contributed by atoms with E-state index in [9.17, 15) is 4.79 Å². The molecule has 0 amide bonds. The van der Waals surface area contributed by atoms with Crippen molar-refractivity contribution < 1.29 is 9.53 Å². The topological polar surface area (TPSA) is 26.3 Å². The highest BCUT2D eigenvalue weighted by atomic mass is 16.5. The second-order valence-corrected chi connectivity index (χ2v) is 5.20. The predicted octanol–water partition coefficient (Wildman–Crippen LogP) is 4.18. The van der Waals surface area contributed by atoms with Crippen LogP contribution in [-0.4, -0.2) is 12.6 Å². The summed E-state index contributed by atoms with van der Waals surface area (Å²) in [7, 11) is 0. The van der Waals surface area contributed by atoms with Crippen molar-refractivity contribution in [3.63, 3.8) is 0 Å². The van der Waals surface area contributed by atoms with Crippen LogP contribution in [-0.2, 0) is 9.53 Å². The molecule has 0 aliphatic heterocycles. The van der Waals surface area contributed by atoms with Gasteiger partial charge in [0.25, 0.3) is 0 Å². The maximum Gasteiger partial charge on any atom is 0.309 e. The average Bonchev–Trinajstić information content (AvgIpc) is 2.25. The number of hydrogen-bond acceptors (Lipinski definition) is 2. The molecule has 0 aliphatic rings. The summed E-state index contributed by atoms with van der Waals surface area (Å²) in [5.41, 5.74) is 0.0549. The number of carbonyl (C=O) groups excluding carboxylic acids is 1. The lowest BCUT2D eigenvalue weighted by Gasteiger charge is -2.31. The first-order valence-corrected chi connectivity index (χ1v) is 6.66. The van der Waals surface area contributed by atoms with Crippen LogP contribution in [0.1, 0.15) is 66.7 Å². The number of unbranched alkanes of at least 4 members (excludes halogenated alkanes) is 1. The molecule has 0 aromatic carbocycles. The molecule has 0 spiro atoms. The van der Waals surface area contributed by atoms with Crippen LogP contribution in [0.2, 0.25) is 0 Å². The first-order valence-electron chi connectivity index (χ1n) is 6.66. The van der Waals surface area contributed by atoms with Crippen LogP contribution < -0.4 is 0 Å². The molecule has 0 bridgehead atoms. The van der Waals surface area contributed by atoms with Gasteiger partial charge in [-0.05, 0) is 18.3 Å². The van der Waals surface area contributed by atoms with Crippen LogP contribution in [0, 0.1) is 11.3 Å². The molecular formula is C14H28O2. The normalized spacial score (nSPS) is 13.6. The number of carbonyl (C=O) groups is 1. The minimum Gasteiger partial charge on any atom is -0.465 e. The first-order chi connectivity index (χ1) is 7.49. The number of rotatable bonds is 8. The largest absolute Gasteiger partial charge is 0.465 e. The van der Waals surface area contributed by atoms with Crippen molar-refractivity contribution in [3.8, 4) is 0 Å². The lowest BCUT2D eigenvalue weighted by molar-refractivity contribution is -0.153. The molecule has 96 valence electrons. The zero-order valence-corrected chi connectivity index (χ0v) is 11.6. The molecule has 2 heteroatoms. The third kappa shape index (κ3) is 5.00. The summed E-state index contributed by atoms with van der Waals surface area (Å²) in [6, 6.07) is 0. The highest BCUT2D eigenvalue weighted by Gasteiger charge is 2.33. The van der Waals surface area contributed by atoms with Crippen molar-refractivity contribution in [3.05, 3.63) is 0 Å². The fourth-order valence-electron chi connectivity index (χ4n) is 1.78. The van der Waals surface area contributed by atoms with Gasteiger partial charge in [-0.1, -0.05) is 53.9 Å². The molecule has 2 nitrogen and oxygen atoms in total. The molecule has 0 aliphatic carbocycles. The summed E-state index contributed by atoms with van der Waals surface area (Å²) in [6.07, 6.45) is 5.03. The van der Waals surface area contributed by atoms with Gasteiger partial charge in [-0.3, -0.25) is 4.79 Å². The fourth-order valence-corrected chi connectivity index (χ4v) is 1.78. The van der Waals surface area contributed by atoms with E-state index in [2.05, 4.69) is 34.6 Å². The Kier molecular flexibility index (Phi) is 7.44. The van der Waals surface area contributed by atoms with Crippen molar-refractivity contribution in [2.24, 2.45) is 11.3 Å². The lowest BCUT2D eigenvalue weighted by Crippen LogP contribution is -2.32. The second-order valence-electron chi connectivity index (χ2n) is 5.20. The Bertz CT molecular complexity index is 197. The van der Waals surface area contributed by atoms with E-state index >= 15 is 0 Å². The molecule has 0 N–H and O–H groups in total. The van der Waals surface area contributed by atoms with Gasteiger partial charge < -0.3 is 4.74 Å². The minimum atomic E-state index is 0.00199. The van der Waals surface area contributed by atoms with Gasteiger partial charge in [-0.15, -0.1) is 0 Å². The molecular weight excluding hydrogens is 200 g/mol. The van der Waals surface area contributed by atoms with E-state index in [0.29, 0.717) is 6.61 Å². The molecule has 0 fully saturated rings. The predicted molar refractivity (Wildman–Crippen MR) is 68.3 cm³/mol. The summed E-state index contributed by atoms with van der Waals surface area (Å²) in [5, 5.41) is 0. The van der Waals surface area contributed by atoms with Crippen molar-refractivity contribution in [1.29, 1.82) is 0 Å². The zero-order chi connectivity index (χ0) is 12.6. The van der Waals surface area contributed by atoms with E-state index in [1.54, 1.807) is 0 Å². The van der Waals surface area contributed by atoms with E-state index in [1.807, 2.05) is 0 Å². The molecule has 0 heterocycles. The number of esters is 1. The van der Waals surface area contributed by atoms with Gasteiger partial charge in [-0.2, -0.15) is 0 Å². The standard InChI is InChI=1S/C14H28O2/c1-6-9-11-16-13(15)12(10-7-2)14(4,5)8-3/h12H,6-11H2,1-5H3. The Labute approximate surface area is 101 Å². The minimum absolute atomic E-state index is 0.00199. The molecule has 0 aromatic rings. The van der Waals surface area contributed by atoms with Crippen molar-refractivity contribution in [1.82, 2.24) is 0 Å². The first kappa shape index (κ1) is 15.5. The van der Waals surface area contributed by atoms with Crippen LogP contribution in [0.4, 0.5) is 0 Å².